The van der Waals surface area contributed by atoms with Crippen LogP contribution in [0.4, 0.5) is 0 Å². The number of hydrogen-bond donors (Lipinski definition) is 2. The smallest absolute Gasteiger partial charge is 0.251 e. The van der Waals surface area contributed by atoms with Crippen LogP contribution in [0.2, 0.25) is 0 Å². The third kappa shape index (κ3) is 4.46. The van der Waals surface area contributed by atoms with E-state index in [1.807, 2.05) is 19.1 Å². The second-order valence-corrected chi connectivity index (χ2v) is 5.60. The molecule has 1 aromatic carbocycles. The van der Waals surface area contributed by atoms with Crippen molar-refractivity contribution in [3.63, 3.8) is 0 Å². The highest BCUT2D eigenvalue weighted by Crippen LogP contribution is 2.12. The third-order valence-corrected chi connectivity index (χ3v) is 3.67. The fourth-order valence-corrected chi connectivity index (χ4v) is 2.47. The van der Waals surface area contributed by atoms with Gasteiger partial charge in [0.2, 0.25) is 5.91 Å². The van der Waals surface area contributed by atoms with Gasteiger partial charge in [0.25, 0.3) is 5.91 Å². The molecular weight excluding hydrogens is 284 g/mol. The minimum absolute atomic E-state index is 0.0433. The summed E-state index contributed by atoms with van der Waals surface area (Å²) >= 11 is 0. The van der Waals surface area contributed by atoms with Gasteiger partial charge in [-0.2, -0.15) is 0 Å². The van der Waals surface area contributed by atoms with E-state index in [1.165, 1.54) is 6.92 Å². The van der Waals surface area contributed by atoms with Gasteiger partial charge in [-0.1, -0.05) is 12.1 Å². The number of nitrogens with one attached hydrogen (secondary N) is 1. The first kappa shape index (κ1) is 16.3. The first-order valence-electron chi connectivity index (χ1n) is 7.41. The van der Waals surface area contributed by atoms with Crippen LogP contribution in [0.1, 0.15) is 19.4 Å². The van der Waals surface area contributed by atoms with Crippen molar-refractivity contribution in [1.82, 2.24) is 10.2 Å². The second-order valence-electron chi connectivity index (χ2n) is 5.60. The molecular formula is C16H22N2O4. The average molecular weight is 306 g/mol. The summed E-state index contributed by atoms with van der Waals surface area (Å²) in [7, 11) is 0. The number of morpholine rings is 1. The van der Waals surface area contributed by atoms with Gasteiger partial charge in [0.05, 0.1) is 13.2 Å². The Labute approximate surface area is 130 Å². The van der Waals surface area contributed by atoms with Crippen molar-refractivity contribution in [3.05, 3.63) is 29.8 Å². The molecule has 0 aromatic heterocycles. The molecule has 0 bridgehead atoms. The minimum atomic E-state index is -0.611. The lowest BCUT2D eigenvalue weighted by Gasteiger charge is -2.32. The number of carbonyl (C=O) groups is 2. The van der Waals surface area contributed by atoms with Crippen molar-refractivity contribution in [1.29, 1.82) is 0 Å². The Morgan fingerprint density at radius 3 is 2.73 bits per heavy atom. The van der Waals surface area contributed by atoms with E-state index in [0.717, 1.165) is 5.56 Å². The molecule has 1 fully saturated rings. The van der Waals surface area contributed by atoms with E-state index in [4.69, 9.17) is 4.74 Å². The quantitative estimate of drug-likeness (QED) is 0.858. The molecule has 6 nitrogen and oxygen atoms in total. The highest BCUT2D eigenvalue weighted by Gasteiger charge is 2.28. The molecule has 2 rings (SSSR count). The molecule has 2 atom stereocenters. The largest absolute Gasteiger partial charge is 0.508 e. The predicted molar refractivity (Wildman–Crippen MR) is 81.4 cm³/mol. The first-order valence-corrected chi connectivity index (χ1v) is 7.41. The van der Waals surface area contributed by atoms with Crippen molar-refractivity contribution in [2.24, 2.45) is 0 Å². The number of ether oxygens (including phenoxy) is 1. The SMILES string of the molecule is CC(=O)N1CCO[C@@H](C(=O)N[C@@H](C)Cc2ccc(O)cc2)C1. The van der Waals surface area contributed by atoms with Crippen LogP contribution in [0.3, 0.4) is 0 Å². The highest BCUT2D eigenvalue weighted by atomic mass is 16.5. The number of phenols is 1. The Balaban J connectivity index is 1.85. The normalized spacial score (nSPS) is 19.5. The lowest BCUT2D eigenvalue weighted by atomic mass is 10.1. The summed E-state index contributed by atoms with van der Waals surface area (Å²) in [5.41, 5.74) is 1.03. The Morgan fingerprint density at radius 1 is 1.41 bits per heavy atom. The molecule has 0 aliphatic carbocycles. The van der Waals surface area contributed by atoms with Crippen LogP contribution >= 0.6 is 0 Å². The number of benzene rings is 1. The van der Waals surface area contributed by atoms with Gasteiger partial charge in [-0.25, -0.2) is 0 Å². The van der Waals surface area contributed by atoms with Gasteiger partial charge in [0.1, 0.15) is 5.75 Å². The van der Waals surface area contributed by atoms with Crippen molar-refractivity contribution in [3.8, 4) is 5.75 Å². The molecule has 1 saturated heterocycles. The summed E-state index contributed by atoms with van der Waals surface area (Å²) in [5, 5.41) is 12.2. The summed E-state index contributed by atoms with van der Waals surface area (Å²) in [6.45, 7) is 4.61. The van der Waals surface area contributed by atoms with Crippen LogP contribution in [0.5, 0.6) is 5.75 Å². The van der Waals surface area contributed by atoms with E-state index in [2.05, 4.69) is 5.32 Å². The van der Waals surface area contributed by atoms with Gasteiger partial charge >= 0.3 is 0 Å². The molecule has 1 heterocycles. The fraction of sp³-hybridized carbons (Fsp3) is 0.500. The summed E-state index contributed by atoms with van der Waals surface area (Å²) < 4.78 is 5.45. The highest BCUT2D eigenvalue weighted by molar-refractivity contribution is 5.82. The molecule has 120 valence electrons. The molecule has 0 spiro atoms. The zero-order valence-corrected chi connectivity index (χ0v) is 12.9. The molecule has 1 aliphatic rings. The fourth-order valence-electron chi connectivity index (χ4n) is 2.47. The van der Waals surface area contributed by atoms with E-state index in [0.29, 0.717) is 26.1 Å². The zero-order chi connectivity index (χ0) is 16.1. The molecule has 0 radical (unpaired) electrons. The van der Waals surface area contributed by atoms with Gasteiger partial charge in [0, 0.05) is 19.5 Å². The second kappa shape index (κ2) is 7.26. The molecule has 1 aliphatic heterocycles. The van der Waals surface area contributed by atoms with Crippen LogP contribution in [0, 0.1) is 0 Å². The van der Waals surface area contributed by atoms with Crippen LogP contribution in [-0.4, -0.2) is 53.7 Å². The Bertz CT molecular complexity index is 529. The summed E-state index contributed by atoms with van der Waals surface area (Å²) in [5.74, 6) is -0.0177. The van der Waals surface area contributed by atoms with Crippen LogP contribution < -0.4 is 5.32 Å². The molecule has 0 saturated carbocycles. The lowest BCUT2D eigenvalue weighted by molar-refractivity contribution is -0.146. The maximum Gasteiger partial charge on any atom is 0.251 e. The van der Waals surface area contributed by atoms with Gasteiger partial charge in [0.15, 0.2) is 6.10 Å². The molecule has 1 aromatic rings. The Morgan fingerprint density at radius 2 is 2.09 bits per heavy atom. The Kier molecular flexibility index (Phi) is 5.38. The number of rotatable bonds is 4. The monoisotopic (exact) mass is 306 g/mol. The summed E-state index contributed by atoms with van der Waals surface area (Å²) in [6, 6.07) is 6.84. The molecule has 22 heavy (non-hydrogen) atoms. The minimum Gasteiger partial charge on any atom is -0.508 e. The van der Waals surface area contributed by atoms with E-state index in [1.54, 1.807) is 17.0 Å². The zero-order valence-electron chi connectivity index (χ0n) is 12.9. The summed E-state index contributed by atoms with van der Waals surface area (Å²) in [6.07, 6.45) is 0.0507. The predicted octanol–water partition coefficient (Wildman–Crippen LogP) is 0.687. The number of nitrogens with zero attached hydrogens (tertiary/aromatic N) is 1. The van der Waals surface area contributed by atoms with E-state index in [9.17, 15) is 14.7 Å². The van der Waals surface area contributed by atoms with E-state index in [-0.39, 0.29) is 23.6 Å². The van der Waals surface area contributed by atoms with E-state index >= 15 is 0 Å². The van der Waals surface area contributed by atoms with Crippen molar-refractivity contribution in [2.75, 3.05) is 19.7 Å². The summed E-state index contributed by atoms with van der Waals surface area (Å²) in [4.78, 5) is 25.2. The van der Waals surface area contributed by atoms with Gasteiger partial charge in [-0.15, -0.1) is 0 Å². The van der Waals surface area contributed by atoms with Gasteiger partial charge in [-0.05, 0) is 31.0 Å². The number of carbonyl (C=O) groups excluding carboxylic acids is 2. The number of hydrogen-bond acceptors (Lipinski definition) is 4. The van der Waals surface area contributed by atoms with Crippen molar-refractivity contribution >= 4 is 11.8 Å². The lowest BCUT2D eigenvalue weighted by Crippen LogP contribution is -2.52. The van der Waals surface area contributed by atoms with Gasteiger partial charge in [-0.3, -0.25) is 9.59 Å². The van der Waals surface area contributed by atoms with E-state index < -0.39 is 6.10 Å². The maximum atomic E-state index is 12.2. The maximum absolute atomic E-state index is 12.2. The van der Waals surface area contributed by atoms with Crippen molar-refractivity contribution < 1.29 is 19.4 Å². The molecule has 6 heteroatoms. The Hall–Kier alpha value is -2.08. The number of aromatic hydroxyl groups is 1. The van der Waals surface area contributed by atoms with Crippen molar-refractivity contribution in [2.45, 2.75) is 32.4 Å². The number of phenolic OH excluding ortho intramolecular Hbond substituents is 1. The van der Waals surface area contributed by atoms with Crippen LogP contribution in [0.25, 0.3) is 0 Å². The average Bonchev–Trinajstić information content (AvgIpc) is 2.49. The third-order valence-electron chi connectivity index (χ3n) is 3.67. The first-order chi connectivity index (χ1) is 10.5. The van der Waals surface area contributed by atoms with Crippen LogP contribution in [0.15, 0.2) is 24.3 Å². The topological polar surface area (TPSA) is 78.9 Å². The standard InChI is InChI=1S/C16H22N2O4/c1-11(9-13-3-5-14(20)6-4-13)17-16(21)15-10-18(12(2)19)7-8-22-15/h3-6,11,15,20H,7-10H2,1-2H3,(H,17,21)/t11-,15+/m0/s1. The molecule has 0 unspecified atom stereocenters. The molecule has 2 N–H and O–H groups in total. The van der Waals surface area contributed by atoms with Gasteiger partial charge < -0.3 is 20.1 Å². The number of amides is 2. The molecule has 2 amide bonds. The van der Waals surface area contributed by atoms with Crippen LogP contribution in [-0.2, 0) is 20.7 Å².